The zero-order chi connectivity index (χ0) is 19.0. The van der Waals surface area contributed by atoms with Gasteiger partial charge in [0.05, 0.1) is 17.7 Å². The number of rotatable bonds is 7. The Bertz CT molecular complexity index is 1090. The van der Waals surface area contributed by atoms with Gasteiger partial charge in [-0.05, 0) is 44.0 Å². The molecule has 1 aromatic carbocycles. The molecule has 8 nitrogen and oxygen atoms in total. The molecule has 0 aliphatic heterocycles. The van der Waals surface area contributed by atoms with Gasteiger partial charge in [0.15, 0.2) is 5.76 Å². The zero-order valence-corrected chi connectivity index (χ0v) is 15.6. The molecule has 27 heavy (non-hydrogen) atoms. The molecular weight excluding hydrogens is 368 g/mol. The van der Waals surface area contributed by atoms with Gasteiger partial charge in [0.1, 0.15) is 0 Å². The van der Waals surface area contributed by atoms with Crippen molar-refractivity contribution in [3.8, 4) is 11.6 Å². The lowest BCUT2D eigenvalue weighted by Crippen LogP contribution is -2.32. The van der Waals surface area contributed by atoms with Crippen molar-refractivity contribution in [2.45, 2.75) is 37.2 Å². The number of sulfonamides is 1. The molecule has 1 N–H and O–H groups in total. The van der Waals surface area contributed by atoms with Crippen molar-refractivity contribution in [1.82, 2.24) is 19.1 Å². The van der Waals surface area contributed by atoms with Gasteiger partial charge in [-0.15, -0.1) is 5.10 Å². The number of benzene rings is 1. The lowest BCUT2D eigenvalue weighted by atomic mass is 10.2. The van der Waals surface area contributed by atoms with E-state index in [0.29, 0.717) is 11.6 Å². The molecule has 1 aliphatic rings. The van der Waals surface area contributed by atoms with E-state index in [-0.39, 0.29) is 29.7 Å². The largest absolute Gasteiger partial charge is 0.461 e. The summed E-state index contributed by atoms with van der Waals surface area (Å²) >= 11 is 0. The Labute approximate surface area is 156 Å². The molecule has 0 unspecified atom stereocenters. The Morgan fingerprint density at radius 2 is 1.96 bits per heavy atom. The molecule has 9 heteroatoms. The first-order chi connectivity index (χ1) is 13.0. The van der Waals surface area contributed by atoms with Crippen LogP contribution >= 0.6 is 0 Å². The molecule has 2 aromatic heterocycles. The highest BCUT2D eigenvalue weighted by molar-refractivity contribution is 7.89. The van der Waals surface area contributed by atoms with Crippen LogP contribution in [0.1, 0.15) is 24.4 Å². The van der Waals surface area contributed by atoms with Crippen LogP contribution in [0.4, 0.5) is 0 Å². The smallest absolute Gasteiger partial charge is 0.346 e. The van der Waals surface area contributed by atoms with Crippen molar-refractivity contribution in [1.29, 1.82) is 0 Å². The number of aryl methyl sites for hydroxylation is 1. The van der Waals surface area contributed by atoms with E-state index in [9.17, 15) is 13.2 Å². The second kappa shape index (κ2) is 6.82. The fourth-order valence-corrected chi connectivity index (χ4v) is 3.91. The van der Waals surface area contributed by atoms with E-state index in [1.165, 1.54) is 10.9 Å². The van der Waals surface area contributed by atoms with Crippen molar-refractivity contribution in [2.75, 3.05) is 6.54 Å². The molecule has 4 rings (SSSR count). The Balaban J connectivity index is 1.51. The number of furan rings is 1. The van der Waals surface area contributed by atoms with Crippen LogP contribution in [0.5, 0.6) is 0 Å². The van der Waals surface area contributed by atoms with Gasteiger partial charge in [0.2, 0.25) is 15.8 Å². The molecule has 1 aliphatic carbocycles. The summed E-state index contributed by atoms with van der Waals surface area (Å²) in [6.07, 6.45) is 3.39. The first kappa shape index (κ1) is 17.7. The highest BCUT2D eigenvalue weighted by Crippen LogP contribution is 2.36. The molecule has 2 heterocycles. The number of nitrogens with one attached hydrogen (secondary N) is 1. The van der Waals surface area contributed by atoms with Gasteiger partial charge in [0.25, 0.3) is 0 Å². The van der Waals surface area contributed by atoms with E-state index >= 15 is 0 Å². The summed E-state index contributed by atoms with van der Waals surface area (Å²) < 4.78 is 35.5. The minimum absolute atomic E-state index is 0.0649. The lowest BCUT2D eigenvalue weighted by Gasteiger charge is -2.06. The van der Waals surface area contributed by atoms with Crippen LogP contribution in [-0.4, -0.2) is 29.3 Å². The summed E-state index contributed by atoms with van der Waals surface area (Å²) in [6.45, 7) is 2.09. The monoisotopic (exact) mass is 388 g/mol. The topological polar surface area (TPSA) is 99.1 Å². The predicted octanol–water partition coefficient (Wildman–Crippen LogP) is 1.93. The van der Waals surface area contributed by atoms with E-state index in [1.807, 2.05) is 6.92 Å². The second-order valence-corrected chi connectivity index (χ2v) is 8.39. The van der Waals surface area contributed by atoms with E-state index < -0.39 is 10.0 Å². The molecule has 3 aromatic rings. The normalized spacial score (nSPS) is 14.6. The van der Waals surface area contributed by atoms with Crippen LogP contribution < -0.4 is 10.4 Å². The fraction of sp³-hybridized carbons (Fsp3) is 0.333. The Morgan fingerprint density at radius 1 is 1.22 bits per heavy atom. The van der Waals surface area contributed by atoms with E-state index in [2.05, 4.69) is 9.82 Å². The Morgan fingerprint density at radius 3 is 2.59 bits per heavy atom. The third-order valence-electron chi connectivity index (χ3n) is 4.47. The summed E-state index contributed by atoms with van der Waals surface area (Å²) in [4.78, 5) is 12.9. The minimum atomic E-state index is -3.63. The van der Waals surface area contributed by atoms with Crippen LogP contribution in [0.15, 0.2) is 56.8 Å². The second-order valence-electron chi connectivity index (χ2n) is 6.62. The molecule has 0 radical (unpaired) electrons. The molecule has 0 atom stereocenters. The van der Waals surface area contributed by atoms with Crippen LogP contribution in [0.2, 0.25) is 0 Å². The summed E-state index contributed by atoms with van der Waals surface area (Å²) in [7, 11) is -3.63. The maximum atomic E-state index is 12.7. The van der Waals surface area contributed by atoms with Crippen molar-refractivity contribution < 1.29 is 12.8 Å². The van der Waals surface area contributed by atoms with E-state index in [4.69, 9.17) is 4.42 Å². The quantitative estimate of drug-likeness (QED) is 0.667. The molecule has 0 spiro atoms. The van der Waals surface area contributed by atoms with Gasteiger partial charge in [-0.1, -0.05) is 17.7 Å². The van der Waals surface area contributed by atoms with E-state index in [0.717, 1.165) is 18.4 Å². The van der Waals surface area contributed by atoms with Gasteiger partial charge in [-0.25, -0.2) is 22.6 Å². The first-order valence-electron chi connectivity index (χ1n) is 8.75. The van der Waals surface area contributed by atoms with Crippen molar-refractivity contribution in [3.63, 3.8) is 0 Å². The SMILES string of the molecule is Cc1ccc(S(=O)(=O)NCCn2nc(-c3ccco3)n(C3CC3)c2=O)cc1. The molecule has 1 saturated carbocycles. The van der Waals surface area contributed by atoms with Crippen molar-refractivity contribution in [3.05, 3.63) is 58.7 Å². The molecular formula is C18H20N4O4S. The minimum Gasteiger partial charge on any atom is -0.461 e. The summed E-state index contributed by atoms with van der Waals surface area (Å²) in [5.41, 5.74) is 0.731. The number of hydrogen-bond acceptors (Lipinski definition) is 5. The predicted molar refractivity (Wildman–Crippen MR) is 98.8 cm³/mol. The van der Waals surface area contributed by atoms with Crippen LogP contribution in [0.3, 0.4) is 0 Å². The molecule has 1 fully saturated rings. The highest BCUT2D eigenvalue weighted by atomic mass is 32.2. The van der Waals surface area contributed by atoms with Gasteiger partial charge in [0, 0.05) is 12.6 Å². The average Bonchev–Trinajstić information content (AvgIpc) is 3.21. The van der Waals surface area contributed by atoms with Gasteiger partial charge in [-0.3, -0.25) is 4.57 Å². The summed E-state index contributed by atoms with van der Waals surface area (Å²) in [5, 5.41) is 4.36. The first-order valence-corrected chi connectivity index (χ1v) is 10.2. The maximum Gasteiger partial charge on any atom is 0.346 e. The molecule has 0 bridgehead atoms. The van der Waals surface area contributed by atoms with Crippen LogP contribution in [-0.2, 0) is 16.6 Å². The van der Waals surface area contributed by atoms with E-state index in [1.54, 1.807) is 41.0 Å². The van der Waals surface area contributed by atoms with Crippen molar-refractivity contribution in [2.24, 2.45) is 0 Å². The number of nitrogens with zero attached hydrogens (tertiary/aromatic N) is 3. The molecule has 0 saturated heterocycles. The Hall–Kier alpha value is -2.65. The fourth-order valence-electron chi connectivity index (χ4n) is 2.89. The summed E-state index contributed by atoms with van der Waals surface area (Å²) in [6, 6.07) is 10.2. The third-order valence-corrected chi connectivity index (χ3v) is 5.95. The van der Waals surface area contributed by atoms with Gasteiger partial charge in [-0.2, -0.15) is 0 Å². The number of aromatic nitrogens is 3. The van der Waals surface area contributed by atoms with Crippen molar-refractivity contribution >= 4 is 10.0 Å². The Kier molecular flexibility index (Phi) is 4.48. The average molecular weight is 388 g/mol. The molecule has 142 valence electrons. The zero-order valence-electron chi connectivity index (χ0n) is 14.8. The highest BCUT2D eigenvalue weighted by Gasteiger charge is 2.31. The van der Waals surface area contributed by atoms with Crippen LogP contribution in [0, 0.1) is 6.92 Å². The standard InChI is InChI=1S/C18H20N4O4S/c1-13-4-8-15(9-5-13)27(24,25)19-10-11-21-18(23)22(14-6-7-14)17(20-21)16-3-2-12-26-16/h2-5,8-9,12,14,19H,6-7,10-11H2,1H3. The van der Waals surface area contributed by atoms with Gasteiger partial charge < -0.3 is 4.42 Å². The van der Waals surface area contributed by atoms with Crippen LogP contribution in [0.25, 0.3) is 11.6 Å². The summed E-state index contributed by atoms with van der Waals surface area (Å²) in [5.74, 6) is 1.01. The van der Waals surface area contributed by atoms with Gasteiger partial charge >= 0.3 is 5.69 Å². The molecule has 0 amide bonds. The maximum absolute atomic E-state index is 12.7. The third kappa shape index (κ3) is 3.60. The lowest BCUT2D eigenvalue weighted by molar-refractivity contribution is 0.546. The number of hydrogen-bond donors (Lipinski definition) is 1.